The highest BCUT2D eigenvalue weighted by Crippen LogP contribution is 2.17. The van der Waals surface area contributed by atoms with Crippen molar-refractivity contribution < 1.29 is 8.91 Å². The van der Waals surface area contributed by atoms with Crippen molar-refractivity contribution in [2.24, 2.45) is 5.92 Å². The minimum atomic E-state index is -0.348. The van der Waals surface area contributed by atoms with E-state index in [1.165, 1.54) is 12.1 Å². The molecule has 0 spiro atoms. The molecule has 0 fully saturated rings. The van der Waals surface area contributed by atoms with Crippen LogP contribution in [0.2, 0.25) is 0 Å². The summed E-state index contributed by atoms with van der Waals surface area (Å²) in [7, 11) is 0. The van der Waals surface area contributed by atoms with Gasteiger partial charge in [0.1, 0.15) is 5.82 Å². The summed E-state index contributed by atoms with van der Waals surface area (Å²) in [4.78, 5) is 4.11. The average molecular weight is 231 g/mol. The molecular formula is C12H10FN3O. The molecule has 1 aromatic heterocycles. The Labute approximate surface area is 97.7 Å². The van der Waals surface area contributed by atoms with Gasteiger partial charge >= 0.3 is 0 Å². The van der Waals surface area contributed by atoms with Crippen LogP contribution in [0.3, 0.4) is 0 Å². The van der Waals surface area contributed by atoms with Gasteiger partial charge in [0, 0.05) is 12.0 Å². The molecule has 0 radical (unpaired) electrons. The molecule has 0 saturated heterocycles. The second-order valence-corrected chi connectivity index (χ2v) is 3.76. The number of aromatic nitrogens is 2. The molecule has 0 amide bonds. The minimum Gasteiger partial charge on any atom is -0.339 e. The Kier molecular flexibility index (Phi) is 3.15. The van der Waals surface area contributed by atoms with Gasteiger partial charge in [-0.3, -0.25) is 0 Å². The topological polar surface area (TPSA) is 62.7 Å². The van der Waals surface area contributed by atoms with Crippen LogP contribution in [0.1, 0.15) is 12.8 Å². The molecule has 2 rings (SSSR count). The minimum absolute atomic E-state index is 0.184. The van der Waals surface area contributed by atoms with Crippen molar-refractivity contribution >= 4 is 0 Å². The van der Waals surface area contributed by atoms with Crippen LogP contribution in [0.25, 0.3) is 11.4 Å². The van der Waals surface area contributed by atoms with Crippen LogP contribution < -0.4 is 0 Å². The molecule has 0 aliphatic heterocycles. The van der Waals surface area contributed by atoms with Crippen LogP contribution in [0, 0.1) is 23.1 Å². The Balaban J connectivity index is 2.21. The van der Waals surface area contributed by atoms with Crippen LogP contribution in [0.5, 0.6) is 0 Å². The summed E-state index contributed by atoms with van der Waals surface area (Å²) in [6.07, 6.45) is 0.402. The Bertz CT molecular complexity index is 559. The molecule has 1 atom stereocenters. The zero-order valence-electron chi connectivity index (χ0n) is 9.22. The molecule has 0 N–H and O–H groups in total. The van der Waals surface area contributed by atoms with E-state index < -0.39 is 0 Å². The second kappa shape index (κ2) is 4.74. The number of hydrogen-bond donors (Lipinski definition) is 0. The Morgan fingerprint density at radius 3 is 3.06 bits per heavy atom. The third kappa shape index (κ3) is 2.67. The van der Waals surface area contributed by atoms with Crippen LogP contribution >= 0.6 is 0 Å². The zero-order valence-corrected chi connectivity index (χ0v) is 9.22. The van der Waals surface area contributed by atoms with Gasteiger partial charge in [0.2, 0.25) is 11.7 Å². The number of rotatable bonds is 3. The van der Waals surface area contributed by atoms with Crippen molar-refractivity contribution in [3.63, 3.8) is 0 Å². The maximum Gasteiger partial charge on any atom is 0.228 e. The predicted octanol–water partition coefficient (Wildman–Crippen LogP) is 2.58. The van der Waals surface area contributed by atoms with Gasteiger partial charge in [-0.25, -0.2) is 4.39 Å². The molecular weight excluding hydrogens is 221 g/mol. The van der Waals surface area contributed by atoms with E-state index in [1.807, 2.05) is 0 Å². The zero-order chi connectivity index (χ0) is 12.3. The van der Waals surface area contributed by atoms with E-state index in [9.17, 15) is 4.39 Å². The van der Waals surface area contributed by atoms with Crippen molar-refractivity contribution in [3.8, 4) is 17.5 Å². The van der Waals surface area contributed by atoms with Gasteiger partial charge in [-0.05, 0) is 19.1 Å². The lowest BCUT2D eigenvalue weighted by atomic mass is 10.1. The number of nitriles is 1. The summed E-state index contributed by atoms with van der Waals surface area (Å²) in [5.41, 5.74) is 0.560. The number of benzene rings is 1. The Morgan fingerprint density at radius 1 is 1.53 bits per heavy atom. The van der Waals surface area contributed by atoms with Crippen molar-refractivity contribution in [3.05, 3.63) is 36.0 Å². The van der Waals surface area contributed by atoms with E-state index in [1.54, 1.807) is 19.1 Å². The summed E-state index contributed by atoms with van der Waals surface area (Å²) >= 11 is 0. The smallest absolute Gasteiger partial charge is 0.228 e. The van der Waals surface area contributed by atoms with Crippen molar-refractivity contribution in [2.45, 2.75) is 13.3 Å². The van der Waals surface area contributed by atoms with E-state index in [0.29, 0.717) is 23.7 Å². The van der Waals surface area contributed by atoms with Crippen LogP contribution in [-0.4, -0.2) is 10.1 Å². The van der Waals surface area contributed by atoms with Gasteiger partial charge in [-0.2, -0.15) is 10.2 Å². The molecule has 4 nitrogen and oxygen atoms in total. The van der Waals surface area contributed by atoms with Crippen molar-refractivity contribution in [1.29, 1.82) is 5.26 Å². The first-order valence-electron chi connectivity index (χ1n) is 5.17. The third-order valence-corrected chi connectivity index (χ3v) is 2.25. The highest BCUT2D eigenvalue weighted by atomic mass is 19.1. The maximum atomic E-state index is 13.0. The van der Waals surface area contributed by atoms with E-state index >= 15 is 0 Å². The van der Waals surface area contributed by atoms with Gasteiger partial charge in [0.25, 0.3) is 0 Å². The predicted molar refractivity (Wildman–Crippen MR) is 58.2 cm³/mol. The van der Waals surface area contributed by atoms with E-state index in [-0.39, 0.29) is 11.7 Å². The normalized spacial score (nSPS) is 12.1. The molecule has 1 unspecified atom stereocenters. The molecule has 86 valence electrons. The summed E-state index contributed by atoms with van der Waals surface area (Å²) in [5.74, 6) is 0.193. The summed E-state index contributed by atoms with van der Waals surface area (Å²) in [6.45, 7) is 1.77. The summed E-state index contributed by atoms with van der Waals surface area (Å²) in [5, 5.41) is 12.4. The fraction of sp³-hybridized carbons (Fsp3) is 0.250. The van der Waals surface area contributed by atoms with E-state index in [4.69, 9.17) is 9.78 Å². The SMILES string of the molecule is CC(C#N)Cc1nc(-c2cccc(F)c2)no1. The highest BCUT2D eigenvalue weighted by Gasteiger charge is 2.11. The number of nitrogens with zero attached hydrogens (tertiary/aromatic N) is 3. The molecule has 2 aromatic rings. The van der Waals surface area contributed by atoms with Crippen LogP contribution in [0.4, 0.5) is 4.39 Å². The fourth-order valence-electron chi connectivity index (χ4n) is 1.39. The Morgan fingerprint density at radius 2 is 2.35 bits per heavy atom. The standard InChI is InChI=1S/C12H10FN3O/c1-8(7-14)5-11-15-12(16-17-11)9-3-2-4-10(13)6-9/h2-4,6,8H,5H2,1H3. The monoisotopic (exact) mass is 231 g/mol. The van der Waals surface area contributed by atoms with Gasteiger partial charge in [0.05, 0.1) is 12.0 Å². The van der Waals surface area contributed by atoms with Gasteiger partial charge in [-0.1, -0.05) is 17.3 Å². The van der Waals surface area contributed by atoms with E-state index in [2.05, 4.69) is 16.2 Å². The maximum absolute atomic E-state index is 13.0. The number of halogens is 1. The fourth-order valence-corrected chi connectivity index (χ4v) is 1.39. The van der Waals surface area contributed by atoms with Gasteiger partial charge in [-0.15, -0.1) is 0 Å². The molecule has 0 bridgehead atoms. The lowest BCUT2D eigenvalue weighted by Crippen LogP contribution is -1.96. The first kappa shape index (κ1) is 11.3. The van der Waals surface area contributed by atoms with Gasteiger partial charge < -0.3 is 4.52 Å². The van der Waals surface area contributed by atoms with Crippen LogP contribution in [0.15, 0.2) is 28.8 Å². The molecule has 1 heterocycles. The number of hydrogen-bond acceptors (Lipinski definition) is 4. The molecule has 0 saturated carbocycles. The molecule has 1 aromatic carbocycles. The largest absolute Gasteiger partial charge is 0.339 e. The van der Waals surface area contributed by atoms with Crippen molar-refractivity contribution in [1.82, 2.24) is 10.1 Å². The molecule has 0 aliphatic carbocycles. The first-order valence-corrected chi connectivity index (χ1v) is 5.17. The van der Waals surface area contributed by atoms with E-state index in [0.717, 1.165) is 0 Å². The second-order valence-electron chi connectivity index (χ2n) is 3.76. The molecule has 5 heteroatoms. The summed E-state index contributed by atoms with van der Waals surface area (Å²) < 4.78 is 18.0. The van der Waals surface area contributed by atoms with Gasteiger partial charge in [0.15, 0.2) is 0 Å². The average Bonchev–Trinajstić information content (AvgIpc) is 2.77. The molecule has 17 heavy (non-hydrogen) atoms. The first-order chi connectivity index (χ1) is 8.19. The van der Waals surface area contributed by atoms with Crippen molar-refractivity contribution in [2.75, 3.05) is 0 Å². The highest BCUT2D eigenvalue weighted by molar-refractivity contribution is 5.53. The third-order valence-electron chi connectivity index (χ3n) is 2.25. The lowest BCUT2D eigenvalue weighted by molar-refractivity contribution is 0.369. The molecule has 0 aliphatic rings. The summed E-state index contributed by atoms with van der Waals surface area (Å²) in [6, 6.07) is 8.05. The lowest BCUT2D eigenvalue weighted by Gasteiger charge is -1.94. The van der Waals surface area contributed by atoms with Crippen LogP contribution in [-0.2, 0) is 6.42 Å². The quantitative estimate of drug-likeness (QED) is 0.814. The Hall–Kier alpha value is -2.22.